The lowest BCUT2D eigenvalue weighted by atomic mass is 10.0. The molecule has 1 aromatic rings. The Morgan fingerprint density at radius 1 is 1.04 bits per heavy atom. The van der Waals surface area contributed by atoms with Crippen molar-refractivity contribution in [1.82, 2.24) is 14.7 Å². The maximum Gasteiger partial charge on any atom is 0.277 e. The number of benzene rings is 1. The minimum absolute atomic E-state index is 0.125. The number of imide groups is 1. The molecule has 0 saturated carbocycles. The molecule has 0 spiro atoms. The number of carbonyl (C=O) groups is 2. The smallest absolute Gasteiger partial charge is 0.277 e. The zero-order valence-electron chi connectivity index (χ0n) is 15.3. The van der Waals surface area contributed by atoms with Crippen molar-refractivity contribution in [2.24, 2.45) is 0 Å². The number of aliphatic hydroxyl groups is 1. The van der Waals surface area contributed by atoms with E-state index in [9.17, 15) is 9.59 Å². The monoisotopic (exact) mass is 359 g/mol. The number of carbonyl (C=O) groups excluding carboxylic acids is 2. The van der Waals surface area contributed by atoms with Gasteiger partial charge in [-0.05, 0) is 24.6 Å². The normalized spacial score (nSPS) is 18.9. The van der Waals surface area contributed by atoms with Crippen molar-refractivity contribution in [3.63, 3.8) is 0 Å². The van der Waals surface area contributed by atoms with Crippen LogP contribution in [0, 0.1) is 0 Å². The molecular weight excluding hydrogens is 334 g/mol. The van der Waals surface area contributed by atoms with E-state index in [1.807, 2.05) is 36.1 Å². The second-order valence-corrected chi connectivity index (χ2v) is 6.40. The number of piperazine rings is 1. The van der Waals surface area contributed by atoms with Crippen molar-refractivity contribution in [3.8, 4) is 5.75 Å². The molecule has 0 aromatic heterocycles. The number of hydrogen-bond acceptors (Lipinski definition) is 6. The first kappa shape index (κ1) is 18.4. The van der Waals surface area contributed by atoms with Crippen LogP contribution in [0.1, 0.15) is 12.5 Å². The summed E-state index contributed by atoms with van der Waals surface area (Å²) in [5.41, 5.74) is 1.66. The van der Waals surface area contributed by atoms with E-state index in [-0.39, 0.29) is 18.4 Å². The molecule has 1 saturated heterocycles. The van der Waals surface area contributed by atoms with Gasteiger partial charge in [-0.15, -0.1) is 0 Å². The van der Waals surface area contributed by atoms with Crippen LogP contribution < -0.4 is 4.74 Å². The summed E-state index contributed by atoms with van der Waals surface area (Å²) in [5, 5.41) is 9.08. The van der Waals surface area contributed by atoms with Crippen LogP contribution in [0.2, 0.25) is 0 Å². The lowest BCUT2D eigenvalue weighted by molar-refractivity contribution is -0.136. The summed E-state index contributed by atoms with van der Waals surface area (Å²) in [6.07, 6.45) is 0. The van der Waals surface area contributed by atoms with E-state index in [4.69, 9.17) is 9.84 Å². The van der Waals surface area contributed by atoms with Crippen LogP contribution >= 0.6 is 0 Å². The van der Waals surface area contributed by atoms with Crippen molar-refractivity contribution >= 4 is 17.4 Å². The van der Waals surface area contributed by atoms with E-state index < -0.39 is 0 Å². The zero-order valence-corrected chi connectivity index (χ0v) is 15.3. The molecule has 7 nitrogen and oxygen atoms in total. The Kier molecular flexibility index (Phi) is 5.58. The number of nitrogens with zero attached hydrogens (tertiary/aromatic N) is 3. The number of β-amino-alcohol motifs (C(OH)–C–C–N with tert-alkyl or cyclic N) is 1. The summed E-state index contributed by atoms with van der Waals surface area (Å²) in [6, 6.07) is 7.29. The molecule has 0 radical (unpaired) electrons. The number of aliphatic hydroxyl groups excluding tert-OH is 1. The topological polar surface area (TPSA) is 73.3 Å². The predicted octanol–water partition coefficient (Wildman–Crippen LogP) is 0.405. The van der Waals surface area contributed by atoms with Gasteiger partial charge in [0.2, 0.25) is 0 Å². The maximum absolute atomic E-state index is 12.7. The number of rotatable bonds is 6. The highest BCUT2D eigenvalue weighted by molar-refractivity contribution is 6.35. The molecule has 7 heteroatoms. The van der Waals surface area contributed by atoms with Gasteiger partial charge in [-0.1, -0.05) is 12.1 Å². The molecule has 0 aliphatic carbocycles. The summed E-state index contributed by atoms with van der Waals surface area (Å²) >= 11 is 0. The van der Waals surface area contributed by atoms with Crippen LogP contribution in [0.3, 0.4) is 0 Å². The van der Waals surface area contributed by atoms with Gasteiger partial charge in [0.15, 0.2) is 0 Å². The molecule has 1 N–H and O–H groups in total. The second-order valence-electron chi connectivity index (χ2n) is 6.40. The average molecular weight is 359 g/mol. The van der Waals surface area contributed by atoms with Crippen LogP contribution in [-0.4, -0.2) is 84.6 Å². The highest BCUT2D eigenvalue weighted by Gasteiger charge is 2.40. The summed E-state index contributed by atoms with van der Waals surface area (Å²) in [4.78, 5) is 30.7. The summed E-state index contributed by atoms with van der Waals surface area (Å²) in [6.45, 7) is 6.07. The van der Waals surface area contributed by atoms with E-state index in [1.165, 1.54) is 11.9 Å². The molecule has 1 fully saturated rings. The summed E-state index contributed by atoms with van der Waals surface area (Å²) in [5.74, 6) is 0.211. The van der Waals surface area contributed by atoms with Crippen LogP contribution in [0.4, 0.5) is 0 Å². The van der Waals surface area contributed by atoms with E-state index in [0.717, 1.165) is 24.4 Å². The van der Waals surface area contributed by atoms with Gasteiger partial charge in [0.05, 0.1) is 18.8 Å². The fourth-order valence-corrected chi connectivity index (χ4v) is 3.40. The fourth-order valence-electron chi connectivity index (χ4n) is 3.40. The summed E-state index contributed by atoms with van der Waals surface area (Å²) < 4.78 is 5.46. The van der Waals surface area contributed by atoms with Crippen LogP contribution in [0.15, 0.2) is 30.0 Å². The number of ether oxygens (including phenoxy) is 1. The number of likely N-dealkylation sites (N-methyl/N-ethyl adjacent to an activating group) is 1. The Labute approximate surface area is 153 Å². The lowest BCUT2D eigenvalue weighted by Crippen LogP contribution is -2.48. The molecule has 2 aliphatic rings. The molecule has 140 valence electrons. The molecule has 2 heterocycles. The van der Waals surface area contributed by atoms with E-state index >= 15 is 0 Å². The van der Waals surface area contributed by atoms with Gasteiger partial charge in [-0.3, -0.25) is 19.4 Å². The van der Waals surface area contributed by atoms with Gasteiger partial charge in [-0.2, -0.15) is 0 Å². The molecule has 0 atom stereocenters. The third-order valence-electron chi connectivity index (χ3n) is 4.82. The fraction of sp³-hybridized carbons (Fsp3) is 0.474. The van der Waals surface area contributed by atoms with E-state index in [2.05, 4.69) is 4.90 Å². The molecule has 0 unspecified atom stereocenters. The predicted molar refractivity (Wildman–Crippen MR) is 97.4 cm³/mol. The molecular formula is C19H25N3O4. The molecule has 1 aromatic carbocycles. The van der Waals surface area contributed by atoms with Crippen molar-refractivity contribution in [2.75, 3.05) is 53.0 Å². The van der Waals surface area contributed by atoms with Crippen molar-refractivity contribution in [3.05, 3.63) is 35.5 Å². The van der Waals surface area contributed by atoms with Gasteiger partial charge in [-0.25, -0.2) is 0 Å². The number of amides is 2. The Balaban J connectivity index is 1.90. The lowest BCUT2D eigenvalue weighted by Gasteiger charge is -2.36. The van der Waals surface area contributed by atoms with Gasteiger partial charge in [0, 0.05) is 39.8 Å². The minimum atomic E-state index is -0.271. The average Bonchev–Trinajstić information content (AvgIpc) is 2.88. The molecule has 2 amide bonds. The van der Waals surface area contributed by atoms with E-state index in [0.29, 0.717) is 37.5 Å². The maximum atomic E-state index is 12.7. The first-order valence-corrected chi connectivity index (χ1v) is 8.94. The third kappa shape index (κ3) is 3.45. The van der Waals surface area contributed by atoms with Crippen LogP contribution in [-0.2, 0) is 9.59 Å². The van der Waals surface area contributed by atoms with Crippen molar-refractivity contribution in [1.29, 1.82) is 0 Å². The standard InChI is InChI=1S/C19H25N3O4/c1-3-26-15-6-4-14(5-7-15)16-17(19(25)20(2)18(16)24)22-10-8-21(9-11-22)12-13-23/h4-7,23H,3,8-13H2,1-2H3. The van der Waals surface area contributed by atoms with Crippen LogP contribution in [0.25, 0.3) is 5.57 Å². The summed E-state index contributed by atoms with van der Waals surface area (Å²) in [7, 11) is 1.52. The molecule has 0 bridgehead atoms. The molecule has 2 aliphatic heterocycles. The minimum Gasteiger partial charge on any atom is -0.494 e. The molecule has 26 heavy (non-hydrogen) atoms. The Hall–Kier alpha value is -2.38. The third-order valence-corrected chi connectivity index (χ3v) is 4.82. The van der Waals surface area contributed by atoms with Gasteiger partial charge < -0.3 is 14.7 Å². The van der Waals surface area contributed by atoms with E-state index in [1.54, 1.807) is 0 Å². The van der Waals surface area contributed by atoms with Gasteiger partial charge in [0.1, 0.15) is 11.4 Å². The largest absolute Gasteiger partial charge is 0.494 e. The first-order valence-electron chi connectivity index (χ1n) is 8.94. The second kappa shape index (κ2) is 7.88. The molecule has 3 rings (SSSR count). The Bertz CT molecular complexity index is 706. The SMILES string of the molecule is CCOc1ccc(C2=C(N3CCN(CCO)CC3)C(=O)N(C)C2=O)cc1. The van der Waals surface area contributed by atoms with Crippen molar-refractivity contribution in [2.45, 2.75) is 6.92 Å². The van der Waals surface area contributed by atoms with Crippen molar-refractivity contribution < 1.29 is 19.4 Å². The first-order chi connectivity index (χ1) is 12.6. The zero-order chi connectivity index (χ0) is 18.7. The number of hydrogen-bond donors (Lipinski definition) is 1. The van der Waals surface area contributed by atoms with Crippen LogP contribution in [0.5, 0.6) is 5.75 Å². The van der Waals surface area contributed by atoms with Gasteiger partial charge >= 0.3 is 0 Å². The highest BCUT2D eigenvalue weighted by atomic mass is 16.5. The Morgan fingerprint density at radius 3 is 2.27 bits per heavy atom. The Morgan fingerprint density at radius 2 is 1.69 bits per heavy atom. The highest BCUT2D eigenvalue weighted by Crippen LogP contribution is 2.32. The van der Waals surface area contributed by atoms with Gasteiger partial charge in [0.25, 0.3) is 11.8 Å². The quantitative estimate of drug-likeness (QED) is 0.742.